The molecule has 1 aromatic carbocycles. The van der Waals surface area contributed by atoms with E-state index in [1.54, 1.807) is 34.5 Å². The van der Waals surface area contributed by atoms with Gasteiger partial charge in [0.25, 0.3) is 0 Å². The van der Waals surface area contributed by atoms with Crippen molar-refractivity contribution in [3.05, 3.63) is 40.9 Å². The van der Waals surface area contributed by atoms with Gasteiger partial charge in [-0.05, 0) is 37.5 Å². The van der Waals surface area contributed by atoms with Crippen LogP contribution in [0.5, 0.6) is 0 Å². The zero-order valence-corrected chi connectivity index (χ0v) is 19.4. The van der Waals surface area contributed by atoms with Crippen LogP contribution in [0.25, 0.3) is 0 Å². The maximum Gasteiger partial charge on any atom is 0.310 e. The first-order valence-corrected chi connectivity index (χ1v) is 12.6. The minimum Gasteiger partial charge on any atom is -0.459 e. The molecule has 1 aliphatic rings. The summed E-state index contributed by atoms with van der Waals surface area (Å²) >= 11 is 1.32. The molecule has 3 rings (SSSR count). The Morgan fingerprint density at radius 3 is 2.45 bits per heavy atom. The number of rotatable bonds is 8. The Hall–Kier alpha value is -2.30. The predicted molar refractivity (Wildman–Crippen MR) is 118 cm³/mol. The smallest absolute Gasteiger partial charge is 0.310 e. The average Bonchev–Trinajstić information content (AvgIpc) is 3.22. The Morgan fingerprint density at radius 1 is 1.16 bits per heavy atom. The lowest BCUT2D eigenvalue weighted by molar-refractivity contribution is -0.144. The Bertz CT molecular complexity index is 1010. The highest BCUT2D eigenvalue weighted by atomic mass is 32.2. The molecule has 0 spiro atoms. The number of hydrogen-bond donors (Lipinski definition) is 0. The zero-order chi connectivity index (χ0) is 22.4. The highest BCUT2D eigenvalue weighted by Crippen LogP contribution is 2.22. The van der Waals surface area contributed by atoms with Crippen molar-refractivity contribution in [2.45, 2.75) is 51.0 Å². The van der Waals surface area contributed by atoms with E-state index in [1.807, 2.05) is 6.92 Å². The molecule has 8 nitrogen and oxygen atoms in total. The second-order valence-corrected chi connectivity index (χ2v) is 10.1. The van der Waals surface area contributed by atoms with Crippen molar-refractivity contribution in [3.63, 3.8) is 0 Å². The van der Waals surface area contributed by atoms with E-state index < -0.39 is 16.0 Å². The quantitative estimate of drug-likeness (QED) is 0.556. The van der Waals surface area contributed by atoms with Crippen LogP contribution in [0.2, 0.25) is 0 Å². The number of thiazole rings is 1. The van der Waals surface area contributed by atoms with Crippen LogP contribution in [0.4, 0.5) is 5.13 Å². The third kappa shape index (κ3) is 5.90. The van der Waals surface area contributed by atoms with Gasteiger partial charge in [-0.1, -0.05) is 18.6 Å². The van der Waals surface area contributed by atoms with Crippen molar-refractivity contribution < 1.29 is 22.7 Å². The molecule has 1 aliphatic heterocycles. The van der Waals surface area contributed by atoms with Crippen LogP contribution >= 0.6 is 11.3 Å². The van der Waals surface area contributed by atoms with Gasteiger partial charge in [0, 0.05) is 31.9 Å². The van der Waals surface area contributed by atoms with Crippen molar-refractivity contribution in [1.82, 2.24) is 9.29 Å². The van der Waals surface area contributed by atoms with Gasteiger partial charge in [-0.3, -0.25) is 14.5 Å². The summed E-state index contributed by atoms with van der Waals surface area (Å²) in [6.07, 6.45) is 2.86. The number of anilines is 1. The van der Waals surface area contributed by atoms with Gasteiger partial charge in [-0.25, -0.2) is 13.4 Å². The largest absolute Gasteiger partial charge is 0.459 e. The number of carbonyl (C=O) groups excluding carboxylic acids is 2. The first-order chi connectivity index (χ1) is 14.8. The van der Waals surface area contributed by atoms with Gasteiger partial charge in [-0.2, -0.15) is 4.31 Å². The molecule has 0 N–H and O–H groups in total. The summed E-state index contributed by atoms with van der Waals surface area (Å²) in [5.74, 6) is -0.522. The van der Waals surface area contributed by atoms with Crippen molar-refractivity contribution in [2.24, 2.45) is 0 Å². The molecule has 0 unspecified atom stereocenters. The zero-order valence-electron chi connectivity index (χ0n) is 17.7. The molecule has 168 valence electrons. The van der Waals surface area contributed by atoms with Gasteiger partial charge in [0.1, 0.15) is 6.61 Å². The topological polar surface area (TPSA) is 96.9 Å². The lowest BCUT2D eigenvalue weighted by Crippen LogP contribution is -2.35. The molecule has 2 heterocycles. The van der Waals surface area contributed by atoms with E-state index in [1.165, 1.54) is 22.6 Å². The summed E-state index contributed by atoms with van der Waals surface area (Å²) in [6.45, 7) is 4.99. The molecule has 0 bridgehead atoms. The van der Waals surface area contributed by atoms with Crippen molar-refractivity contribution in [2.75, 3.05) is 24.5 Å². The Morgan fingerprint density at radius 2 is 1.84 bits per heavy atom. The van der Waals surface area contributed by atoms with Gasteiger partial charge in [0.05, 0.1) is 17.0 Å². The molecule has 1 saturated heterocycles. The second kappa shape index (κ2) is 10.3. The van der Waals surface area contributed by atoms with Crippen LogP contribution in [-0.4, -0.2) is 49.2 Å². The number of piperidine rings is 1. The van der Waals surface area contributed by atoms with Crippen molar-refractivity contribution in [1.29, 1.82) is 0 Å². The van der Waals surface area contributed by atoms with Crippen LogP contribution in [0, 0.1) is 0 Å². The molecule has 0 atom stereocenters. The van der Waals surface area contributed by atoms with E-state index in [2.05, 4.69) is 4.98 Å². The van der Waals surface area contributed by atoms with Crippen LogP contribution in [-0.2, 0) is 37.4 Å². The highest BCUT2D eigenvalue weighted by molar-refractivity contribution is 7.89. The fourth-order valence-electron chi connectivity index (χ4n) is 3.38. The summed E-state index contributed by atoms with van der Waals surface area (Å²) in [4.78, 5) is 29.9. The van der Waals surface area contributed by atoms with Crippen LogP contribution < -0.4 is 4.90 Å². The highest BCUT2D eigenvalue weighted by Gasteiger charge is 2.25. The number of ether oxygens (including phenoxy) is 1. The van der Waals surface area contributed by atoms with Gasteiger partial charge in [-0.15, -0.1) is 11.3 Å². The van der Waals surface area contributed by atoms with E-state index in [0.29, 0.717) is 36.0 Å². The standard InChI is InChI=1S/C21H27N3O5S2/c1-3-24(16(2)25)21-22-18(15-30-21)14-29-20(26)13-17-7-9-19(10-8-17)31(27,28)23-11-5-4-6-12-23/h7-10,15H,3-6,11-14H2,1-2H3. The molecular formula is C21H27N3O5S2. The Balaban J connectivity index is 1.54. The number of amides is 1. The molecule has 1 amide bonds. The number of aromatic nitrogens is 1. The third-order valence-electron chi connectivity index (χ3n) is 5.07. The van der Waals surface area contributed by atoms with Crippen LogP contribution in [0.15, 0.2) is 34.5 Å². The van der Waals surface area contributed by atoms with Gasteiger partial charge in [0.15, 0.2) is 5.13 Å². The molecule has 10 heteroatoms. The number of sulfonamides is 1. The monoisotopic (exact) mass is 465 g/mol. The van der Waals surface area contributed by atoms with Gasteiger partial charge < -0.3 is 4.74 Å². The molecule has 0 saturated carbocycles. The second-order valence-electron chi connectivity index (χ2n) is 7.33. The molecule has 0 aliphatic carbocycles. The van der Waals surface area contributed by atoms with Crippen molar-refractivity contribution in [3.8, 4) is 0 Å². The SMILES string of the molecule is CCN(C(C)=O)c1nc(COC(=O)Cc2ccc(S(=O)(=O)N3CCCCC3)cc2)cs1. The van der Waals surface area contributed by atoms with Crippen molar-refractivity contribution >= 4 is 38.4 Å². The lowest BCUT2D eigenvalue weighted by atomic mass is 10.1. The maximum absolute atomic E-state index is 12.7. The first-order valence-electron chi connectivity index (χ1n) is 10.3. The average molecular weight is 466 g/mol. The molecule has 31 heavy (non-hydrogen) atoms. The minimum absolute atomic E-state index is 0.0201. The summed E-state index contributed by atoms with van der Waals surface area (Å²) in [6, 6.07) is 6.37. The number of esters is 1. The number of hydrogen-bond acceptors (Lipinski definition) is 7. The van der Waals surface area contributed by atoms with E-state index in [4.69, 9.17) is 4.74 Å². The summed E-state index contributed by atoms with van der Waals surface area (Å²) in [5, 5.41) is 2.33. The first kappa shape index (κ1) is 23.4. The Kier molecular flexibility index (Phi) is 7.79. The number of nitrogens with zero attached hydrogens (tertiary/aromatic N) is 3. The fourth-order valence-corrected chi connectivity index (χ4v) is 5.82. The van der Waals surface area contributed by atoms with E-state index in [0.717, 1.165) is 19.3 Å². The van der Waals surface area contributed by atoms with Gasteiger partial charge in [0.2, 0.25) is 15.9 Å². The summed E-state index contributed by atoms with van der Waals surface area (Å²) in [7, 11) is -3.48. The maximum atomic E-state index is 12.7. The molecule has 1 aromatic heterocycles. The molecule has 2 aromatic rings. The normalized spacial score (nSPS) is 14.9. The van der Waals surface area contributed by atoms with Crippen LogP contribution in [0.1, 0.15) is 44.4 Å². The molecule has 1 fully saturated rings. The molecular weight excluding hydrogens is 438 g/mol. The number of carbonyl (C=O) groups is 2. The van der Waals surface area contributed by atoms with E-state index in [-0.39, 0.29) is 23.8 Å². The third-order valence-corrected chi connectivity index (χ3v) is 7.90. The Labute approximate surface area is 186 Å². The fraction of sp³-hybridized carbons (Fsp3) is 0.476. The molecule has 0 radical (unpaired) electrons. The van der Waals surface area contributed by atoms with Crippen LogP contribution in [0.3, 0.4) is 0 Å². The van der Waals surface area contributed by atoms with E-state index >= 15 is 0 Å². The predicted octanol–water partition coefficient (Wildman–Crippen LogP) is 2.98. The number of benzene rings is 1. The summed E-state index contributed by atoms with van der Waals surface area (Å²) < 4.78 is 32.2. The minimum atomic E-state index is -3.48. The lowest BCUT2D eigenvalue weighted by Gasteiger charge is -2.25. The van der Waals surface area contributed by atoms with Gasteiger partial charge >= 0.3 is 5.97 Å². The van der Waals surface area contributed by atoms with E-state index in [9.17, 15) is 18.0 Å². The summed E-state index contributed by atoms with van der Waals surface area (Å²) in [5.41, 5.74) is 1.26.